The van der Waals surface area contributed by atoms with Crippen LogP contribution in [0.1, 0.15) is 37.0 Å². The van der Waals surface area contributed by atoms with Gasteiger partial charge < -0.3 is 10.6 Å². The molecule has 0 saturated carbocycles. The van der Waals surface area contributed by atoms with Gasteiger partial charge in [0.2, 0.25) is 0 Å². The third kappa shape index (κ3) is 4.79. The first-order valence-corrected chi connectivity index (χ1v) is 6.79. The van der Waals surface area contributed by atoms with E-state index in [1.165, 1.54) is 16.7 Å². The number of hydrogen-bond acceptors (Lipinski definition) is 2. The highest BCUT2D eigenvalue weighted by atomic mass is 15.1. The number of rotatable bonds is 6. The van der Waals surface area contributed by atoms with E-state index in [2.05, 4.69) is 57.8 Å². The highest BCUT2D eigenvalue weighted by Crippen LogP contribution is 2.19. The Hall–Kier alpha value is -0.860. The van der Waals surface area contributed by atoms with Crippen LogP contribution in [0.25, 0.3) is 0 Å². The first-order chi connectivity index (χ1) is 8.34. The molecule has 2 heteroatoms. The minimum Gasteiger partial charge on any atom is -0.330 e. The lowest BCUT2D eigenvalue weighted by Gasteiger charge is -2.26. The summed E-state index contributed by atoms with van der Waals surface area (Å²) in [7, 11) is 2.19. The van der Waals surface area contributed by atoms with Crippen LogP contribution < -0.4 is 5.73 Å². The summed E-state index contributed by atoms with van der Waals surface area (Å²) in [5.41, 5.74) is 10.2. The molecule has 0 atom stereocenters. The first-order valence-electron chi connectivity index (χ1n) is 6.79. The van der Waals surface area contributed by atoms with Crippen molar-refractivity contribution in [1.29, 1.82) is 0 Å². The van der Waals surface area contributed by atoms with E-state index < -0.39 is 0 Å². The van der Waals surface area contributed by atoms with E-state index in [0.29, 0.717) is 0 Å². The molecule has 0 aliphatic heterocycles. The van der Waals surface area contributed by atoms with Gasteiger partial charge in [0, 0.05) is 6.54 Å². The molecule has 0 heterocycles. The van der Waals surface area contributed by atoms with Crippen molar-refractivity contribution >= 4 is 0 Å². The molecule has 102 valence electrons. The lowest BCUT2D eigenvalue weighted by Crippen LogP contribution is -2.29. The zero-order valence-electron chi connectivity index (χ0n) is 12.6. The third-order valence-electron chi connectivity index (χ3n) is 3.66. The van der Waals surface area contributed by atoms with Crippen molar-refractivity contribution in [1.82, 2.24) is 4.90 Å². The normalized spacial score (nSPS) is 12.2. The van der Waals surface area contributed by atoms with Crippen LogP contribution in [0.4, 0.5) is 0 Å². The van der Waals surface area contributed by atoms with Crippen molar-refractivity contribution in [2.24, 2.45) is 11.1 Å². The molecule has 0 radical (unpaired) electrons. The highest BCUT2D eigenvalue weighted by Gasteiger charge is 2.16. The largest absolute Gasteiger partial charge is 0.330 e. The Bertz CT molecular complexity index is 383. The highest BCUT2D eigenvalue weighted by molar-refractivity contribution is 5.30. The quantitative estimate of drug-likeness (QED) is 0.838. The van der Waals surface area contributed by atoms with Gasteiger partial charge in [0.15, 0.2) is 0 Å². The Morgan fingerprint density at radius 2 is 1.89 bits per heavy atom. The van der Waals surface area contributed by atoms with Gasteiger partial charge in [-0.2, -0.15) is 0 Å². The molecular weight excluding hydrogens is 220 g/mol. The molecule has 0 bridgehead atoms. The van der Waals surface area contributed by atoms with Crippen molar-refractivity contribution in [3.05, 3.63) is 34.9 Å². The van der Waals surface area contributed by atoms with Crippen LogP contribution in [-0.2, 0) is 6.54 Å². The molecular formula is C16H28N2. The molecule has 0 aromatic heterocycles. The summed E-state index contributed by atoms with van der Waals surface area (Å²) in [5, 5.41) is 0. The summed E-state index contributed by atoms with van der Waals surface area (Å²) in [4.78, 5) is 2.38. The minimum atomic E-state index is 0.247. The van der Waals surface area contributed by atoms with E-state index >= 15 is 0 Å². The second-order valence-electron chi connectivity index (χ2n) is 6.29. The topological polar surface area (TPSA) is 29.3 Å². The maximum absolute atomic E-state index is 5.77. The molecule has 0 fully saturated rings. The molecule has 0 aliphatic carbocycles. The zero-order valence-corrected chi connectivity index (χ0v) is 12.6. The molecule has 0 aliphatic rings. The fraction of sp³-hybridized carbons (Fsp3) is 0.625. The Morgan fingerprint density at radius 1 is 1.22 bits per heavy atom. The molecule has 0 spiro atoms. The van der Waals surface area contributed by atoms with Gasteiger partial charge in [-0.05, 0) is 56.9 Å². The Morgan fingerprint density at radius 3 is 2.44 bits per heavy atom. The van der Waals surface area contributed by atoms with Gasteiger partial charge in [-0.25, -0.2) is 0 Å². The van der Waals surface area contributed by atoms with Gasteiger partial charge in [-0.3, -0.25) is 0 Å². The van der Waals surface area contributed by atoms with Gasteiger partial charge in [0.05, 0.1) is 0 Å². The number of nitrogens with zero attached hydrogens (tertiary/aromatic N) is 1. The van der Waals surface area contributed by atoms with Crippen molar-refractivity contribution in [2.45, 2.75) is 40.7 Å². The molecule has 1 rings (SSSR count). The Labute approximate surface area is 112 Å². The van der Waals surface area contributed by atoms with Gasteiger partial charge in [-0.1, -0.05) is 37.6 Å². The Balaban J connectivity index is 2.52. The van der Waals surface area contributed by atoms with E-state index in [1.807, 2.05) is 0 Å². The van der Waals surface area contributed by atoms with Crippen LogP contribution in [0.15, 0.2) is 18.2 Å². The van der Waals surface area contributed by atoms with E-state index in [9.17, 15) is 0 Å². The standard InChI is InChI=1S/C16H28N2/c1-13-6-7-15(14(2)10-13)11-18(5)9-8-16(3,4)12-17/h6-7,10H,8-9,11-12,17H2,1-5H3. The lowest BCUT2D eigenvalue weighted by molar-refractivity contribution is 0.248. The van der Waals surface area contributed by atoms with Crippen molar-refractivity contribution < 1.29 is 0 Å². The van der Waals surface area contributed by atoms with Crippen molar-refractivity contribution in [3.8, 4) is 0 Å². The minimum absolute atomic E-state index is 0.247. The van der Waals surface area contributed by atoms with Crippen LogP contribution in [0, 0.1) is 19.3 Å². The SMILES string of the molecule is Cc1ccc(CN(C)CCC(C)(C)CN)c(C)c1. The van der Waals surface area contributed by atoms with Crippen LogP contribution in [0.3, 0.4) is 0 Å². The summed E-state index contributed by atoms with van der Waals surface area (Å²) >= 11 is 0. The van der Waals surface area contributed by atoms with E-state index in [-0.39, 0.29) is 5.41 Å². The summed E-state index contributed by atoms with van der Waals surface area (Å²) in [6.07, 6.45) is 1.14. The second-order valence-corrected chi connectivity index (χ2v) is 6.29. The van der Waals surface area contributed by atoms with Crippen LogP contribution >= 0.6 is 0 Å². The molecule has 18 heavy (non-hydrogen) atoms. The average Bonchev–Trinajstić information content (AvgIpc) is 2.30. The average molecular weight is 248 g/mol. The Kier molecular flexibility index (Phi) is 5.36. The molecule has 2 nitrogen and oxygen atoms in total. The number of aryl methyl sites for hydroxylation is 2. The van der Waals surface area contributed by atoms with Gasteiger partial charge in [-0.15, -0.1) is 0 Å². The second kappa shape index (κ2) is 6.35. The first kappa shape index (κ1) is 15.2. The van der Waals surface area contributed by atoms with Gasteiger partial charge >= 0.3 is 0 Å². The third-order valence-corrected chi connectivity index (χ3v) is 3.66. The van der Waals surface area contributed by atoms with Gasteiger partial charge in [0.1, 0.15) is 0 Å². The summed E-state index contributed by atoms with van der Waals surface area (Å²) in [5.74, 6) is 0. The number of hydrogen-bond donors (Lipinski definition) is 1. The summed E-state index contributed by atoms with van der Waals surface area (Å²) in [6.45, 7) is 11.7. The van der Waals surface area contributed by atoms with E-state index in [0.717, 1.165) is 26.1 Å². The van der Waals surface area contributed by atoms with Crippen molar-refractivity contribution in [3.63, 3.8) is 0 Å². The predicted octanol–water partition coefficient (Wildman–Crippen LogP) is 3.11. The van der Waals surface area contributed by atoms with Crippen LogP contribution in [0.2, 0.25) is 0 Å². The number of nitrogens with two attached hydrogens (primary N) is 1. The summed E-state index contributed by atoms with van der Waals surface area (Å²) < 4.78 is 0. The molecule has 0 saturated heterocycles. The zero-order chi connectivity index (χ0) is 13.8. The lowest BCUT2D eigenvalue weighted by atomic mass is 9.89. The molecule has 0 amide bonds. The molecule has 1 aromatic rings. The summed E-state index contributed by atoms with van der Waals surface area (Å²) in [6, 6.07) is 6.70. The number of benzene rings is 1. The maximum atomic E-state index is 5.77. The maximum Gasteiger partial charge on any atom is 0.0233 e. The predicted molar refractivity (Wildman–Crippen MR) is 79.7 cm³/mol. The fourth-order valence-corrected chi connectivity index (χ4v) is 1.99. The monoisotopic (exact) mass is 248 g/mol. The van der Waals surface area contributed by atoms with Gasteiger partial charge in [0.25, 0.3) is 0 Å². The van der Waals surface area contributed by atoms with Crippen LogP contribution in [0.5, 0.6) is 0 Å². The van der Waals surface area contributed by atoms with Crippen molar-refractivity contribution in [2.75, 3.05) is 20.1 Å². The smallest absolute Gasteiger partial charge is 0.0233 e. The molecule has 1 aromatic carbocycles. The molecule has 2 N–H and O–H groups in total. The van der Waals surface area contributed by atoms with E-state index in [4.69, 9.17) is 5.73 Å². The fourth-order valence-electron chi connectivity index (χ4n) is 1.99. The molecule has 0 unspecified atom stereocenters. The van der Waals surface area contributed by atoms with Crippen LogP contribution in [-0.4, -0.2) is 25.0 Å². The van der Waals surface area contributed by atoms with E-state index in [1.54, 1.807) is 0 Å².